The highest BCUT2D eigenvalue weighted by Gasteiger charge is 2.41. The maximum absolute atomic E-state index is 10.5. The van der Waals surface area contributed by atoms with Gasteiger partial charge in [0.05, 0.1) is 12.7 Å². The van der Waals surface area contributed by atoms with Gasteiger partial charge in [0, 0.05) is 24.3 Å². The normalized spacial score (nSPS) is 25.1. The summed E-state index contributed by atoms with van der Waals surface area (Å²) in [5, 5.41) is 28.0. The van der Waals surface area contributed by atoms with E-state index in [0.29, 0.717) is 25.9 Å². The van der Waals surface area contributed by atoms with Gasteiger partial charge in [-0.25, -0.2) is 0 Å². The number of benzene rings is 1. The number of aliphatic hydroxyl groups is 2. The summed E-state index contributed by atoms with van der Waals surface area (Å²) in [6, 6.07) is 7.62. The maximum Gasteiger partial charge on any atom is 0.303 e. The van der Waals surface area contributed by atoms with Crippen LogP contribution in [0.2, 0.25) is 0 Å². The van der Waals surface area contributed by atoms with Gasteiger partial charge in [0.15, 0.2) is 0 Å². The molecule has 0 bridgehead atoms. The number of ether oxygens (including phenoxy) is 1. The zero-order valence-electron chi connectivity index (χ0n) is 15.5. The molecule has 0 heterocycles. The second-order valence-corrected chi connectivity index (χ2v) is 7.63. The molecule has 150 valence electrons. The largest absolute Gasteiger partial charge is 0.493 e. The SMILES string of the molecule is O=C(O)CCC/C=C\CC1C(Cl)CC(O)C1COc1cccc(CCO)c1. The lowest BCUT2D eigenvalue weighted by molar-refractivity contribution is -0.137. The molecule has 6 heteroatoms. The molecule has 0 aromatic heterocycles. The van der Waals surface area contributed by atoms with Crippen molar-refractivity contribution in [2.45, 2.75) is 50.0 Å². The summed E-state index contributed by atoms with van der Waals surface area (Å²) in [4.78, 5) is 10.5. The van der Waals surface area contributed by atoms with Gasteiger partial charge in [-0.3, -0.25) is 4.79 Å². The number of allylic oxidation sites excluding steroid dienone is 2. The molecular weight excluding hydrogens is 368 g/mol. The molecular formula is C21H29ClO5. The van der Waals surface area contributed by atoms with Crippen molar-refractivity contribution in [3.8, 4) is 5.75 Å². The lowest BCUT2D eigenvalue weighted by Crippen LogP contribution is -2.27. The minimum atomic E-state index is -0.775. The van der Waals surface area contributed by atoms with E-state index in [1.54, 1.807) is 0 Å². The molecule has 0 amide bonds. The van der Waals surface area contributed by atoms with Gasteiger partial charge < -0.3 is 20.1 Å². The monoisotopic (exact) mass is 396 g/mol. The number of unbranched alkanes of at least 4 members (excludes halogenated alkanes) is 1. The third-order valence-corrected chi connectivity index (χ3v) is 5.55. The Bertz CT molecular complexity index is 618. The van der Waals surface area contributed by atoms with Crippen molar-refractivity contribution >= 4 is 17.6 Å². The Labute approximate surface area is 165 Å². The lowest BCUT2D eigenvalue weighted by atomic mass is 9.92. The van der Waals surface area contributed by atoms with E-state index in [1.165, 1.54) is 0 Å². The Morgan fingerprint density at radius 1 is 1.30 bits per heavy atom. The fourth-order valence-corrected chi connectivity index (χ4v) is 4.02. The van der Waals surface area contributed by atoms with Crippen molar-refractivity contribution in [3.05, 3.63) is 42.0 Å². The zero-order chi connectivity index (χ0) is 19.6. The number of carboxylic acid groups (broad SMARTS) is 1. The van der Waals surface area contributed by atoms with E-state index in [0.717, 1.165) is 24.2 Å². The Balaban J connectivity index is 1.86. The molecule has 4 atom stereocenters. The van der Waals surface area contributed by atoms with Crippen molar-refractivity contribution in [1.29, 1.82) is 0 Å². The van der Waals surface area contributed by atoms with Crippen molar-refractivity contribution < 1.29 is 24.9 Å². The number of hydrogen-bond acceptors (Lipinski definition) is 4. The van der Waals surface area contributed by atoms with Gasteiger partial charge in [-0.2, -0.15) is 0 Å². The van der Waals surface area contributed by atoms with Crippen LogP contribution in [-0.2, 0) is 11.2 Å². The summed E-state index contributed by atoms with van der Waals surface area (Å²) >= 11 is 6.44. The number of carbonyl (C=O) groups is 1. The second kappa shape index (κ2) is 11.3. The average molecular weight is 397 g/mol. The highest BCUT2D eigenvalue weighted by Crippen LogP contribution is 2.39. The van der Waals surface area contributed by atoms with E-state index in [-0.39, 0.29) is 30.2 Å². The standard InChI is InChI=1S/C21H29ClO5/c22-19-13-20(24)18(17(19)8-3-1-2-4-9-21(25)26)14-27-16-7-5-6-15(12-16)10-11-23/h1,3,5-7,12,17-20,23-24H,2,4,8-11,13-14H2,(H,25,26)/b3-1-. The molecule has 0 radical (unpaired) electrons. The van der Waals surface area contributed by atoms with Gasteiger partial charge in [0.1, 0.15) is 5.75 Å². The highest BCUT2D eigenvalue weighted by atomic mass is 35.5. The van der Waals surface area contributed by atoms with Crippen LogP contribution in [0.1, 0.15) is 37.7 Å². The number of aliphatic hydroxyl groups excluding tert-OH is 2. The summed E-state index contributed by atoms with van der Waals surface area (Å²) in [6.45, 7) is 0.490. The summed E-state index contributed by atoms with van der Waals surface area (Å²) < 4.78 is 5.91. The van der Waals surface area contributed by atoms with Gasteiger partial charge in [0.25, 0.3) is 0 Å². The molecule has 2 rings (SSSR count). The van der Waals surface area contributed by atoms with E-state index in [1.807, 2.05) is 36.4 Å². The first-order valence-electron chi connectivity index (χ1n) is 9.52. The Morgan fingerprint density at radius 2 is 2.11 bits per heavy atom. The molecule has 1 aliphatic carbocycles. The summed E-state index contributed by atoms with van der Waals surface area (Å²) in [7, 11) is 0. The smallest absolute Gasteiger partial charge is 0.303 e. The summed E-state index contributed by atoms with van der Waals surface area (Å²) in [6.07, 6.45) is 6.96. The average Bonchev–Trinajstić information content (AvgIpc) is 2.89. The van der Waals surface area contributed by atoms with E-state index in [2.05, 4.69) is 0 Å². The Kier molecular flexibility index (Phi) is 9.11. The number of halogens is 1. The van der Waals surface area contributed by atoms with Crippen molar-refractivity contribution in [1.82, 2.24) is 0 Å². The fourth-order valence-electron chi connectivity index (χ4n) is 3.55. The molecule has 1 aromatic carbocycles. The van der Waals surface area contributed by atoms with E-state index in [4.69, 9.17) is 26.6 Å². The number of hydrogen-bond donors (Lipinski definition) is 3. The van der Waals surface area contributed by atoms with Gasteiger partial charge in [-0.05, 0) is 55.7 Å². The van der Waals surface area contributed by atoms with Crippen LogP contribution < -0.4 is 4.74 Å². The molecule has 3 N–H and O–H groups in total. The van der Waals surface area contributed by atoms with Crippen LogP contribution in [-0.4, -0.2) is 46.0 Å². The van der Waals surface area contributed by atoms with Crippen LogP contribution in [0, 0.1) is 11.8 Å². The molecule has 1 saturated carbocycles. The van der Waals surface area contributed by atoms with Gasteiger partial charge >= 0.3 is 5.97 Å². The molecule has 0 saturated heterocycles. The third-order valence-electron chi connectivity index (χ3n) is 5.05. The molecule has 27 heavy (non-hydrogen) atoms. The van der Waals surface area contributed by atoms with Gasteiger partial charge in [0.2, 0.25) is 0 Å². The van der Waals surface area contributed by atoms with Crippen LogP contribution in [0.15, 0.2) is 36.4 Å². The molecule has 4 unspecified atom stereocenters. The fraction of sp³-hybridized carbons (Fsp3) is 0.571. The Hall–Kier alpha value is -1.56. The Morgan fingerprint density at radius 3 is 2.85 bits per heavy atom. The van der Waals surface area contributed by atoms with Crippen molar-refractivity contribution in [2.75, 3.05) is 13.2 Å². The quantitative estimate of drug-likeness (QED) is 0.303. The molecule has 0 spiro atoms. The van der Waals surface area contributed by atoms with Crippen LogP contribution in [0.25, 0.3) is 0 Å². The first-order chi connectivity index (χ1) is 13.0. The molecule has 0 aliphatic heterocycles. The van der Waals surface area contributed by atoms with Crippen molar-refractivity contribution in [3.63, 3.8) is 0 Å². The molecule has 1 aromatic rings. The molecule has 1 aliphatic rings. The highest BCUT2D eigenvalue weighted by molar-refractivity contribution is 6.21. The zero-order valence-corrected chi connectivity index (χ0v) is 16.2. The number of rotatable bonds is 11. The minimum Gasteiger partial charge on any atom is -0.493 e. The van der Waals surface area contributed by atoms with E-state index < -0.39 is 12.1 Å². The minimum absolute atomic E-state index is 0.0438. The maximum atomic E-state index is 10.5. The first-order valence-corrected chi connectivity index (χ1v) is 9.96. The van der Waals surface area contributed by atoms with Gasteiger partial charge in [-0.1, -0.05) is 24.3 Å². The van der Waals surface area contributed by atoms with Crippen LogP contribution in [0.5, 0.6) is 5.75 Å². The van der Waals surface area contributed by atoms with Crippen molar-refractivity contribution in [2.24, 2.45) is 11.8 Å². The second-order valence-electron chi connectivity index (χ2n) is 7.07. The number of carboxylic acids is 1. The molecule has 5 nitrogen and oxygen atoms in total. The summed E-state index contributed by atoms with van der Waals surface area (Å²) in [5.74, 6) is 0.0354. The van der Waals surface area contributed by atoms with Crippen LogP contribution in [0.4, 0.5) is 0 Å². The third kappa shape index (κ3) is 7.17. The van der Waals surface area contributed by atoms with Crippen LogP contribution >= 0.6 is 11.6 Å². The lowest BCUT2D eigenvalue weighted by Gasteiger charge is -2.22. The van der Waals surface area contributed by atoms with Gasteiger partial charge in [-0.15, -0.1) is 11.6 Å². The van der Waals surface area contributed by atoms with E-state index >= 15 is 0 Å². The number of alkyl halides is 1. The summed E-state index contributed by atoms with van der Waals surface area (Å²) in [5.41, 5.74) is 1.01. The van der Waals surface area contributed by atoms with Crippen LogP contribution in [0.3, 0.4) is 0 Å². The first kappa shape index (κ1) is 21.7. The molecule has 1 fully saturated rings. The number of aliphatic carboxylic acids is 1. The topological polar surface area (TPSA) is 87.0 Å². The predicted molar refractivity (Wildman–Crippen MR) is 105 cm³/mol. The van der Waals surface area contributed by atoms with E-state index in [9.17, 15) is 9.90 Å². The predicted octanol–water partition coefficient (Wildman–Crippen LogP) is 3.41.